The van der Waals surface area contributed by atoms with Gasteiger partial charge >= 0.3 is 11.9 Å². The van der Waals surface area contributed by atoms with Gasteiger partial charge in [-0.25, -0.2) is 0 Å². The molecule has 34 heavy (non-hydrogen) atoms. The summed E-state index contributed by atoms with van der Waals surface area (Å²) in [4.78, 5) is 23.3. The van der Waals surface area contributed by atoms with Gasteiger partial charge in [0.25, 0.3) is 0 Å². The molecule has 0 fully saturated rings. The molecule has 0 aliphatic carbocycles. The van der Waals surface area contributed by atoms with E-state index in [2.05, 4.69) is 13.8 Å². The van der Waals surface area contributed by atoms with Gasteiger partial charge in [0.15, 0.2) is 0 Å². The molecule has 0 amide bonds. The normalized spacial score (nSPS) is 12.3. The molecule has 0 aromatic rings. The predicted molar refractivity (Wildman–Crippen MR) is 144 cm³/mol. The fraction of sp³-hybridized carbons (Fsp3) is 0.867. The van der Waals surface area contributed by atoms with Gasteiger partial charge in [0.1, 0.15) is 0 Å². The number of hydrogen-bond acceptors (Lipinski definition) is 3. The van der Waals surface area contributed by atoms with Crippen LogP contribution in [0.25, 0.3) is 0 Å². The Balaban J connectivity index is 3.51. The van der Waals surface area contributed by atoms with E-state index in [1.807, 2.05) is 6.08 Å². The first-order valence-corrected chi connectivity index (χ1v) is 14.7. The highest BCUT2D eigenvalue weighted by Gasteiger charge is 2.19. The van der Waals surface area contributed by atoms with Crippen molar-refractivity contribution >= 4 is 11.9 Å². The summed E-state index contributed by atoms with van der Waals surface area (Å²) in [6, 6.07) is 0. The first-order chi connectivity index (χ1) is 16.6. The van der Waals surface area contributed by atoms with E-state index in [0.717, 1.165) is 25.7 Å². The molecule has 0 bridgehead atoms. The van der Waals surface area contributed by atoms with Crippen LogP contribution in [-0.2, 0) is 14.3 Å². The molecule has 1 unspecified atom stereocenters. The number of carbonyl (C=O) groups excluding carboxylic acids is 1. The van der Waals surface area contributed by atoms with Gasteiger partial charge in [0.05, 0.1) is 18.9 Å². The number of ether oxygens (including phenoxy) is 1. The van der Waals surface area contributed by atoms with Crippen molar-refractivity contribution in [3.63, 3.8) is 0 Å². The van der Waals surface area contributed by atoms with E-state index in [1.54, 1.807) is 6.08 Å². The highest BCUT2D eigenvalue weighted by Crippen LogP contribution is 2.14. The van der Waals surface area contributed by atoms with Crippen molar-refractivity contribution in [2.75, 3.05) is 6.61 Å². The SMILES string of the molecule is CCCCCC/C=C/C(CC(=O)OCCCCCCCCCCCCCCCCCC)C(=O)O. The van der Waals surface area contributed by atoms with Crippen LogP contribution in [0.15, 0.2) is 12.2 Å². The topological polar surface area (TPSA) is 63.6 Å². The second-order valence-corrected chi connectivity index (χ2v) is 9.95. The lowest BCUT2D eigenvalue weighted by Gasteiger charge is -2.08. The first kappa shape index (κ1) is 32.7. The lowest BCUT2D eigenvalue weighted by molar-refractivity contribution is -0.150. The standard InChI is InChI=1S/C30H56O4/c1-3-5-7-9-11-12-13-14-15-16-17-18-19-20-22-24-26-34-29(31)27-28(30(32)33)25-23-21-10-8-6-4-2/h23,25,28H,3-22,24,26-27H2,1-2H3,(H,32,33)/b25-23+. The number of aliphatic carboxylic acids is 1. The van der Waals surface area contributed by atoms with Gasteiger partial charge in [-0.15, -0.1) is 0 Å². The lowest BCUT2D eigenvalue weighted by atomic mass is 10.0. The summed E-state index contributed by atoms with van der Waals surface area (Å²) in [7, 11) is 0. The second kappa shape index (κ2) is 26.3. The van der Waals surface area contributed by atoms with Crippen LogP contribution in [0.3, 0.4) is 0 Å². The van der Waals surface area contributed by atoms with Crippen LogP contribution in [0.2, 0.25) is 0 Å². The zero-order valence-corrected chi connectivity index (χ0v) is 22.7. The van der Waals surface area contributed by atoms with Gasteiger partial charge in [0.2, 0.25) is 0 Å². The molecule has 0 heterocycles. The van der Waals surface area contributed by atoms with E-state index in [4.69, 9.17) is 4.74 Å². The van der Waals surface area contributed by atoms with Crippen LogP contribution in [0.5, 0.6) is 0 Å². The van der Waals surface area contributed by atoms with Crippen LogP contribution in [0, 0.1) is 5.92 Å². The summed E-state index contributed by atoms with van der Waals surface area (Å²) in [6.45, 7) is 4.85. The average molecular weight is 481 g/mol. The maximum Gasteiger partial charge on any atom is 0.310 e. The van der Waals surface area contributed by atoms with Gasteiger partial charge in [0, 0.05) is 0 Å². The van der Waals surface area contributed by atoms with Crippen LogP contribution in [0.4, 0.5) is 0 Å². The zero-order chi connectivity index (χ0) is 25.1. The van der Waals surface area contributed by atoms with E-state index in [1.165, 1.54) is 109 Å². The Morgan fingerprint density at radius 2 is 1.06 bits per heavy atom. The molecular formula is C30H56O4. The predicted octanol–water partition coefficient (Wildman–Crippen LogP) is 9.41. The van der Waals surface area contributed by atoms with Gasteiger partial charge in [-0.1, -0.05) is 142 Å². The van der Waals surface area contributed by atoms with Crippen molar-refractivity contribution in [2.45, 2.75) is 155 Å². The Kier molecular flexibility index (Phi) is 25.3. The Labute approximate surface area is 211 Å². The summed E-state index contributed by atoms with van der Waals surface area (Å²) >= 11 is 0. The van der Waals surface area contributed by atoms with Crippen LogP contribution >= 0.6 is 0 Å². The van der Waals surface area contributed by atoms with E-state index >= 15 is 0 Å². The minimum absolute atomic E-state index is 0.0698. The summed E-state index contributed by atoms with van der Waals surface area (Å²) in [5.74, 6) is -2.13. The minimum atomic E-state index is -0.954. The summed E-state index contributed by atoms with van der Waals surface area (Å²) in [5, 5.41) is 9.32. The van der Waals surface area contributed by atoms with Gasteiger partial charge in [-0.2, -0.15) is 0 Å². The van der Waals surface area contributed by atoms with Crippen LogP contribution in [-0.4, -0.2) is 23.7 Å². The van der Waals surface area contributed by atoms with E-state index in [9.17, 15) is 14.7 Å². The number of rotatable bonds is 26. The van der Waals surface area contributed by atoms with Gasteiger partial charge in [-0.3, -0.25) is 9.59 Å². The van der Waals surface area contributed by atoms with E-state index in [-0.39, 0.29) is 6.42 Å². The zero-order valence-electron chi connectivity index (χ0n) is 22.7. The third kappa shape index (κ3) is 23.8. The molecule has 1 atom stereocenters. The monoisotopic (exact) mass is 480 g/mol. The minimum Gasteiger partial charge on any atom is -0.481 e. The summed E-state index contributed by atoms with van der Waals surface area (Å²) in [6.07, 6.45) is 30.0. The maximum absolute atomic E-state index is 12.0. The molecule has 0 aromatic carbocycles. The van der Waals surface area contributed by atoms with Crippen LogP contribution in [0.1, 0.15) is 155 Å². The number of unbranched alkanes of at least 4 members (excludes halogenated alkanes) is 19. The number of hydrogen-bond donors (Lipinski definition) is 1. The quantitative estimate of drug-likeness (QED) is 0.0760. The molecule has 4 nitrogen and oxygen atoms in total. The average Bonchev–Trinajstić information content (AvgIpc) is 2.82. The van der Waals surface area contributed by atoms with Gasteiger partial charge < -0.3 is 9.84 Å². The van der Waals surface area contributed by atoms with E-state index in [0.29, 0.717) is 6.61 Å². The Bertz CT molecular complexity index is 486. The molecular weight excluding hydrogens is 424 g/mol. The highest BCUT2D eigenvalue weighted by molar-refractivity contribution is 5.80. The third-order valence-corrected chi connectivity index (χ3v) is 6.56. The summed E-state index contributed by atoms with van der Waals surface area (Å²) < 4.78 is 5.27. The Morgan fingerprint density at radius 3 is 1.50 bits per heavy atom. The van der Waals surface area contributed by atoms with Crippen molar-refractivity contribution in [3.05, 3.63) is 12.2 Å². The maximum atomic E-state index is 12.0. The smallest absolute Gasteiger partial charge is 0.310 e. The number of allylic oxidation sites excluding steroid dienone is 1. The van der Waals surface area contributed by atoms with Crippen molar-refractivity contribution in [2.24, 2.45) is 5.92 Å². The molecule has 0 saturated carbocycles. The van der Waals surface area contributed by atoms with Crippen molar-refractivity contribution in [3.8, 4) is 0 Å². The first-order valence-electron chi connectivity index (χ1n) is 14.7. The number of carbonyl (C=O) groups is 2. The third-order valence-electron chi connectivity index (χ3n) is 6.56. The highest BCUT2D eigenvalue weighted by atomic mass is 16.5. The van der Waals surface area contributed by atoms with Crippen molar-refractivity contribution in [1.82, 2.24) is 0 Å². The second-order valence-electron chi connectivity index (χ2n) is 9.95. The molecule has 0 aliphatic rings. The van der Waals surface area contributed by atoms with E-state index < -0.39 is 17.9 Å². The fourth-order valence-electron chi connectivity index (χ4n) is 4.26. The van der Waals surface area contributed by atoms with Gasteiger partial charge in [-0.05, 0) is 19.3 Å². The molecule has 0 rings (SSSR count). The molecule has 0 spiro atoms. The lowest BCUT2D eigenvalue weighted by Crippen LogP contribution is -2.18. The molecule has 0 aromatic heterocycles. The van der Waals surface area contributed by atoms with Crippen molar-refractivity contribution in [1.29, 1.82) is 0 Å². The molecule has 0 aliphatic heterocycles. The number of esters is 1. The number of carboxylic acid groups (broad SMARTS) is 1. The molecule has 1 N–H and O–H groups in total. The molecule has 200 valence electrons. The molecule has 4 heteroatoms. The number of carboxylic acids is 1. The Morgan fingerprint density at radius 1 is 0.647 bits per heavy atom. The molecule has 0 saturated heterocycles. The largest absolute Gasteiger partial charge is 0.481 e. The van der Waals surface area contributed by atoms with Crippen LogP contribution < -0.4 is 0 Å². The fourth-order valence-corrected chi connectivity index (χ4v) is 4.26. The molecule has 0 radical (unpaired) electrons. The summed E-state index contributed by atoms with van der Waals surface area (Å²) in [5.41, 5.74) is 0. The Hall–Kier alpha value is -1.32. The van der Waals surface area contributed by atoms with Crippen molar-refractivity contribution < 1.29 is 19.4 Å².